The van der Waals surface area contributed by atoms with Crippen LogP contribution in [0.3, 0.4) is 0 Å². The van der Waals surface area contributed by atoms with Crippen molar-refractivity contribution in [3.63, 3.8) is 0 Å². The van der Waals surface area contributed by atoms with Crippen molar-refractivity contribution in [2.45, 2.75) is 183 Å². The molecule has 0 spiro atoms. The summed E-state index contributed by atoms with van der Waals surface area (Å²) in [6.07, 6.45) is -2.97. The smallest absolute Gasteiger partial charge is 0.245 e. The summed E-state index contributed by atoms with van der Waals surface area (Å²) in [6.45, 7) is 3.26. The first-order chi connectivity index (χ1) is 51.8. The van der Waals surface area contributed by atoms with Crippen LogP contribution < -0.4 is 97.8 Å². The van der Waals surface area contributed by atoms with Crippen molar-refractivity contribution in [1.82, 2.24) is 74.1 Å². The molecule has 0 unspecified atom stereocenters. The zero-order valence-corrected chi connectivity index (χ0v) is 62.4. The van der Waals surface area contributed by atoms with Crippen molar-refractivity contribution in [3.05, 3.63) is 108 Å². The molecule has 15 atom stereocenters. The second kappa shape index (κ2) is 45.5. The molecule has 0 radical (unpaired) electrons. The zero-order valence-electron chi connectivity index (χ0n) is 60.8. The Hall–Kier alpha value is -10.3. The Morgan fingerprint density at radius 1 is 0.505 bits per heavy atom. The van der Waals surface area contributed by atoms with Gasteiger partial charge in [-0.3, -0.25) is 71.9 Å². The van der Waals surface area contributed by atoms with Gasteiger partial charge in [0.25, 0.3) is 0 Å². The quantitative estimate of drug-likeness (QED) is 0.0229. The van der Waals surface area contributed by atoms with Crippen molar-refractivity contribution in [3.8, 4) is 0 Å². The molecule has 1 fully saturated rings. The Bertz CT molecular complexity index is 3780. The molecule has 596 valence electrons. The number of aliphatic hydroxyl groups excluding tert-OH is 3. The van der Waals surface area contributed by atoms with Crippen LogP contribution in [0.1, 0.15) is 89.3 Å². The third-order valence-corrected chi connectivity index (χ3v) is 19.6. The van der Waals surface area contributed by atoms with E-state index in [0.717, 1.165) is 35.4 Å². The van der Waals surface area contributed by atoms with Gasteiger partial charge in [0, 0.05) is 47.9 Å². The zero-order chi connectivity index (χ0) is 80.4. The van der Waals surface area contributed by atoms with Crippen molar-refractivity contribution in [2.75, 3.05) is 37.7 Å². The van der Waals surface area contributed by atoms with E-state index in [1.54, 1.807) is 91.1 Å². The van der Waals surface area contributed by atoms with Crippen LogP contribution in [-0.2, 0) is 91.2 Å². The highest BCUT2D eigenvalue weighted by atomic mass is 33.1. The van der Waals surface area contributed by atoms with E-state index in [1.165, 1.54) is 13.8 Å². The number of H-pyrrole nitrogens is 1. The number of benzene rings is 3. The monoisotopic (exact) mass is 1560 g/mol. The molecule has 1 aliphatic heterocycles. The fraction of sp³-hybridized carbons (Fsp3) is 0.500. The predicted octanol–water partition coefficient (Wildman–Crippen LogP) is -6.74. The molecule has 15 amide bonds. The van der Waals surface area contributed by atoms with Crippen LogP contribution in [0.5, 0.6) is 0 Å². The summed E-state index contributed by atoms with van der Waals surface area (Å²) >= 11 is 0. The maximum absolute atomic E-state index is 14.9. The number of aromatic amines is 1. The number of hydrogen-bond donors (Lipinski definition) is 22. The van der Waals surface area contributed by atoms with Gasteiger partial charge in [-0.25, -0.2) is 0 Å². The number of aliphatic hydroxyl groups is 3. The summed E-state index contributed by atoms with van der Waals surface area (Å²) in [4.78, 5) is 214. The minimum absolute atomic E-state index is 0.119. The van der Waals surface area contributed by atoms with Crippen LogP contribution in [0.4, 0.5) is 0 Å². The molecule has 5 rings (SSSR count). The standard InChI is InChI=1S/C70H101N19O18S2/c1-36(73)59(96)77-32-55(94)79-53-35-109-108-34-52(58(75)95)87-67(104)51(33-90)86-70(107)57(39(4)92)89-66(103)48(28-41-19-9-6-10-20-41)85-69(106)56(38(3)91)88-62(99)46(24-14-16-26-72)80-64(101)49(29-42-31-76-44-22-12-11-21-43(42)44)82-60(97)37(2)78-63(100)47(27-40-17-7-5-8-18-40)83-65(102)50(30-54(74)93)84-61(98)45(81-68(53)105)23-13-15-25-71/h5-12,17-22,31,36-39,45-53,56-57,76,90-92H,13-16,23-30,32-35,71-73H2,1-4H3,(H2,74,93)(H2,75,95)(H,77,96)(H,78,100)(H,79,94)(H,80,101)(H,81,105)(H,82,97)(H,83,102)(H,84,98)(H,85,106)(H,86,107)(H,87,104)(H,88,99)(H,89,103)/t36-,37-,38+,39+,45-,46-,47-,48-,49-,50-,51-,52-,53-,56-,57-/m0/s1. The van der Waals surface area contributed by atoms with Gasteiger partial charge < -0.3 is 118 Å². The highest BCUT2D eigenvalue weighted by Gasteiger charge is 2.39. The van der Waals surface area contributed by atoms with Crippen molar-refractivity contribution < 1.29 is 87.2 Å². The lowest BCUT2D eigenvalue weighted by molar-refractivity contribution is -0.138. The minimum Gasteiger partial charge on any atom is -0.394 e. The van der Waals surface area contributed by atoms with Gasteiger partial charge in [0.2, 0.25) is 88.6 Å². The molecule has 3 aromatic carbocycles. The van der Waals surface area contributed by atoms with Gasteiger partial charge >= 0.3 is 0 Å². The Labute approximate surface area is 636 Å². The van der Waals surface area contributed by atoms with Gasteiger partial charge in [-0.15, -0.1) is 0 Å². The number of nitrogens with two attached hydrogens (primary N) is 5. The maximum Gasteiger partial charge on any atom is 0.245 e. The number of para-hydroxylation sites is 1. The SMILES string of the molecule is C[C@H](N)C(=O)NCC(=O)N[C@H]1CSSC[C@@H](C(N)=O)NC(=O)[C@H](CO)NC(=O)[C@H]([C@@H](C)O)NC(=O)[C@H](Cc2ccccc2)NC(=O)[C@H]([C@@H](C)O)NC(=O)[C@H](CCCCN)NC(=O)[C@H](Cc2c[nH]c3ccccc23)NC(=O)[C@H](C)NC(=O)[C@H](Cc2ccccc2)NC(=O)[C@H](CC(N)=O)NC(=O)[C@H](CCCCN)NC1=O. The van der Waals surface area contributed by atoms with Crippen LogP contribution in [-0.4, -0.2) is 237 Å². The first-order valence-electron chi connectivity index (χ1n) is 35.3. The van der Waals surface area contributed by atoms with Crippen LogP contribution in [0.25, 0.3) is 10.9 Å². The molecule has 0 aliphatic carbocycles. The lowest BCUT2D eigenvalue weighted by Gasteiger charge is -2.29. The molecule has 0 saturated carbocycles. The average molecular weight is 1560 g/mol. The van der Waals surface area contributed by atoms with Crippen molar-refractivity contribution in [2.24, 2.45) is 28.7 Å². The van der Waals surface area contributed by atoms with Crippen LogP contribution in [0.15, 0.2) is 91.1 Å². The Morgan fingerprint density at radius 3 is 1.46 bits per heavy atom. The first-order valence-corrected chi connectivity index (χ1v) is 37.8. The third kappa shape index (κ3) is 29.7. The highest BCUT2D eigenvalue weighted by molar-refractivity contribution is 8.76. The van der Waals surface area contributed by atoms with Crippen molar-refractivity contribution in [1.29, 1.82) is 0 Å². The molecule has 109 heavy (non-hydrogen) atoms. The third-order valence-electron chi connectivity index (χ3n) is 17.2. The molecule has 39 heteroatoms. The van der Waals surface area contributed by atoms with E-state index < -0.39 is 210 Å². The van der Waals surface area contributed by atoms with E-state index in [-0.39, 0.29) is 58.0 Å². The number of unbranched alkanes of at least 4 members (excludes halogenated alkanes) is 2. The normalized spacial score (nSPS) is 24.4. The van der Waals surface area contributed by atoms with E-state index in [1.807, 2.05) is 0 Å². The van der Waals surface area contributed by atoms with E-state index in [9.17, 15) is 87.2 Å². The number of aromatic nitrogens is 1. The maximum atomic E-state index is 14.9. The Balaban J connectivity index is 1.61. The Morgan fingerprint density at radius 2 is 0.936 bits per heavy atom. The summed E-state index contributed by atoms with van der Waals surface area (Å²) in [5.74, 6) is -16.7. The number of primary amides is 2. The van der Waals surface area contributed by atoms with Gasteiger partial charge in [-0.2, -0.15) is 0 Å². The fourth-order valence-corrected chi connectivity index (χ4v) is 13.4. The summed E-state index contributed by atoms with van der Waals surface area (Å²) in [5, 5.41) is 65.3. The number of rotatable bonds is 24. The van der Waals surface area contributed by atoms with Crippen LogP contribution >= 0.6 is 21.6 Å². The summed E-state index contributed by atoms with van der Waals surface area (Å²) in [6, 6.07) is 1.91. The number of nitrogens with one attached hydrogen (secondary N) is 14. The molecule has 2 heterocycles. The number of fused-ring (bicyclic) bond motifs is 1. The van der Waals surface area contributed by atoms with Crippen molar-refractivity contribution >= 4 is 121 Å². The summed E-state index contributed by atoms with van der Waals surface area (Å²) < 4.78 is 0. The number of hydrogen-bond acceptors (Lipinski definition) is 23. The fourth-order valence-electron chi connectivity index (χ4n) is 11.0. The Kier molecular flexibility index (Phi) is 37.3. The van der Waals surface area contributed by atoms with E-state index >= 15 is 0 Å². The number of carbonyl (C=O) groups is 15. The average Bonchev–Trinajstić information content (AvgIpc) is 1.76. The van der Waals surface area contributed by atoms with E-state index in [2.05, 4.69) is 74.1 Å². The molecule has 0 bridgehead atoms. The first kappa shape index (κ1) is 89.3. The van der Waals surface area contributed by atoms with Gasteiger partial charge in [0.1, 0.15) is 72.5 Å². The molecule has 1 aromatic heterocycles. The van der Waals surface area contributed by atoms with Gasteiger partial charge in [-0.1, -0.05) is 100 Å². The molecule has 4 aromatic rings. The van der Waals surface area contributed by atoms with Gasteiger partial charge in [0.15, 0.2) is 0 Å². The lowest BCUT2D eigenvalue weighted by Crippen LogP contribution is -2.63. The summed E-state index contributed by atoms with van der Waals surface area (Å²) in [7, 11) is 1.63. The lowest BCUT2D eigenvalue weighted by atomic mass is 10.0. The highest BCUT2D eigenvalue weighted by Crippen LogP contribution is 2.24. The second-order valence-corrected chi connectivity index (χ2v) is 28.7. The molecular weight excluding hydrogens is 1460 g/mol. The largest absolute Gasteiger partial charge is 0.394 e. The van der Waals surface area contributed by atoms with Gasteiger partial charge in [-0.05, 0) is 102 Å². The second-order valence-electron chi connectivity index (χ2n) is 26.1. The van der Waals surface area contributed by atoms with Crippen LogP contribution in [0.2, 0.25) is 0 Å². The topological polar surface area (TPSA) is 619 Å². The minimum atomic E-state index is -1.95. The molecule has 27 N–H and O–H groups in total. The van der Waals surface area contributed by atoms with Gasteiger partial charge in [0.05, 0.1) is 37.8 Å². The van der Waals surface area contributed by atoms with Crippen LogP contribution in [0, 0.1) is 0 Å². The number of amides is 15. The van der Waals surface area contributed by atoms with E-state index in [0.29, 0.717) is 40.4 Å². The molecule has 37 nitrogen and oxygen atoms in total. The predicted molar refractivity (Wildman–Crippen MR) is 402 cm³/mol. The molecular formula is C70H101N19O18S2. The summed E-state index contributed by atoms with van der Waals surface area (Å²) in [5.41, 5.74) is 30.7. The molecule has 1 aliphatic rings. The molecule has 1 saturated heterocycles. The van der Waals surface area contributed by atoms with E-state index in [4.69, 9.17) is 28.7 Å². The number of carbonyl (C=O) groups excluding carboxylic acids is 15.